The van der Waals surface area contributed by atoms with Crippen LogP contribution in [-0.2, 0) is 0 Å². The van der Waals surface area contributed by atoms with Crippen LogP contribution in [-0.4, -0.2) is 50.1 Å². The standard InChI is InChI=1S/C23H19N5O3/c29-23(19-6-3-4-11-25-19)28-14-10-17(15-28)30-20-7-2-1-5-18(20)22-26-21(27-31-22)16-8-12-24-13-9-16/h1-9,11-13,17H,10,14-15H2. The number of hydrogen-bond donors (Lipinski definition) is 0. The highest BCUT2D eigenvalue weighted by Gasteiger charge is 2.29. The van der Waals surface area contributed by atoms with Crippen molar-refractivity contribution in [3.63, 3.8) is 0 Å². The molecule has 154 valence electrons. The minimum Gasteiger partial charge on any atom is -0.488 e. The summed E-state index contributed by atoms with van der Waals surface area (Å²) in [5.74, 6) is 1.42. The van der Waals surface area contributed by atoms with E-state index in [2.05, 4.69) is 20.1 Å². The predicted molar refractivity (Wildman–Crippen MR) is 112 cm³/mol. The highest BCUT2D eigenvalue weighted by atomic mass is 16.5. The number of hydrogen-bond acceptors (Lipinski definition) is 7. The van der Waals surface area contributed by atoms with Crippen LogP contribution in [0, 0.1) is 0 Å². The van der Waals surface area contributed by atoms with Gasteiger partial charge in [-0.1, -0.05) is 23.4 Å². The zero-order valence-corrected chi connectivity index (χ0v) is 16.6. The predicted octanol–water partition coefficient (Wildman–Crippen LogP) is 3.49. The Balaban J connectivity index is 1.32. The molecule has 4 aromatic rings. The van der Waals surface area contributed by atoms with Gasteiger partial charge in [-0.15, -0.1) is 0 Å². The second kappa shape index (κ2) is 8.35. The fraction of sp³-hybridized carbons (Fsp3) is 0.174. The van der Waals surface area contributed by atoms with Crippen molar-refractivity contribution >= 4 is 5.91 Å². The van der Waals surface area contributed by atoms with Crippen molar-refractivity contribution in [2.45, 2.75) is 12.5 Å². The van der Waals surface area contributed by atoms with Crippen LogP contribution in [0.15, 0.2) is 77.7 Å². The smallest absolute Gasteiger partial charge is 0.272 e. The van der Waals surface area contributed by atoms with Crippen molar-refractivity contribution in [2.75, 3.05) is 13.1 Å². The van der Waals surface area contributed by atoms with Crippen LogP contribution in [0.2, 0.25) is 0 Å². The van der Waals surface area contributed by atoms with E-state index in [0.29, 0.717) is 41.8 Å². The summed E-state index contributed by atoms with van der Waals surface area (Å²) in [7, 11) is 0. The van der Waals surface area contributed by atoms with Gasteiger partial charge >= 0.3 is 0 Å². The Morgan fingerprint density at radius 3 is 2.71 bits per heavy atom. The summed E-state index contributed by atoms with van der Waals surface area (Å²) < 4.78 is 11.7. The molecule has 8 heteroatoms. The first-order chi connectivity index (χ1) is 15.3. The Labute approximate surface area is 178 Å². The molecule has 0 saturated carbocycles. The van der Waals surface area contributed by atoms with E-state index in [1.54, 1.807) is 35.6 Å². The summed E-state index contributed by atoms with van der Waals surface area (Å²) in [6.07, 6.45) is 5.59. The summed E-state index contributed by atoms with van der Waals surface area (Å²) in [6, 6.07) is 16.5. The van der Waals surface area contributed by atoms with E-state index in [0.717, 1.165) is 12.0 Å². The summed E-state index contributed by atoms with van der Waals surface area (Å²) in [4.78, 5) is 27.1. The zero-order chi connectivity index (χ0) is 21.0. The number of amides is 1. The van der Waals surface area contributed by atoms with E-state index in [1.165, 1.54) is 0 Å². The highest BCUT2D eigenvalue weighted by Crippen LogP contribution is 2.32. The number of nitrogens with zero attached hydrogens (tertiary/aromatic N) is 5. The molecule has 1 fully saturated rings. The molecule has 1 aromatic carbocycles. The molecule has 0 aliphatic carbocycles. The van der Waals surface area contributed by atoms with Crippen molar-refractivity contribution in [3.8, 4) is 28.6 Å². The lowest BCUT2D eigenvalue weighted by molar-refractivity contribution is 0.0766. The maximum Gasteiger partial charge on any atom is 0.272 e. The normalized spacial score (nSPS) is 15.7. The maximum absolute atomic E-state index is 12.6. The quantitative estimate of drug-likeness (QED) is 0.494. The number of para-hydroxylation sites is 1. The van der Waals surface area contributed by atoms with Crippen LogP contribution in [0.1, 0.15) is 16.9 Å². The van der Waals surface area contributed by atoms with Crippen molar-refractivity contribution in [3.05, 3.63) is 78.9 Å². The number of carbonyl (C=O) groups is 1. The van der Waals surface area contributed by atoms with Gasteiger partial charge in [-0.05, 0) is 36.4 Å². The van der Waals surface area contributed by atoms with Crippen LogP contribution >= 0.6 is 0 Å². The topological polar surface area (TPSA) is 94.2 Å². The third kappa shape index (κ3) is 4.00. The number of pyridine rings is 2. The Hall–Kier alpha value is -4.07. The summed E-state index contributed by atoms with van der Waals surface area (Å²) >= 11 is 0. The fourth-order valence-corrected chi connectivity index (χ4v) is 3.54. The number of aromatic nitrogens is 4. The van der Waals surface area contributed by atoms with Crippen molar-refractivity contribution in [1.82, 2.24) is 25.0 Å². The number of ether oxygens (including phenoxy) is 1. The van der Waals surface area contributed by atoms with E-state index >= 15 is 0 Å². The zero-order valence-electron chi connectivity index (χ0n) is 16.6. The van der Waals surface area contributed by atoms with E-state index in [9.17, 15) is 4.79 Å². The van der Waals surface area contributed by atoms with Gasteiger partial charge in [0.2, 0.25) is 5.82 Å². The number of carbonyl (C=O) groups excluding carboxylic acids is 1. The Morgan fingerprint density at radius 1 is 1.03 bits per heavy atom. The first-order valence-corrected chi connectivity index (χ1v) is 9.98. The summed E-state index contributed by atoms with van der Waals surface area (Å²) in [6.45, 7) is 1.12. The third-order valence-corrected chi connectivity index (χ3v) is 5.09. The molecule has 5 rings (SSSR count). The van der Waals surface area contributed by atoms with Gasteiger partial charge in [-0.25, -0.2) is 0 Å². The molecule has 1 aliphatic heterocycles. The number of rotatable bonds is 5. The van der Waals surface area contributed by atoms with Gasteiger partial charge in [0, 0.05) is 37.1 Å². The molecule has 1 amide bonds. The van der Waals surface area contributed by atoms with E-state index in [1.807, 2.05) is 42.5 Å². The fourth-order valence-electron chi connectivity index (χ4n) is 3.54. The number of benzene rings is 1. The Bertz CT molecular complexity index is 1180. The monoisotopic (exact) mass is 413 g/mol. The average Bonchev–Trinajstić information content (AvgIpc) is 3.50. The van der Waals surface area contributed by atoms with Crippen molar-refractivity contribution in [2.24, 2.45) is 0 Å². The van der Waals surface area contributed by atoms with Gasteiger partial charge in [-0.2, -0.15) is 4.98 Å². The first-order valence-electron chi connectivity index (χ1n) is 9.98. The minimum atomic E-state index is -0.128. The van der Waals surface area contributed by atoms with Crippen LogP contribution < -0.4 is 4.74 Å². The molecule has 1 aliphatic rings. The molecule has 0 bridgehead atoms. The Morgan fingerprint density at radius 2 is 1.87 bits per heavy atom. The lowest BCUT2D eigenvalue weighted by Gasteiger charge is -2.17. The van der Waals surface area contributed by atoms with Crippen LogP contribution in [0.3, 0.4) is 0 Å². The molecule has 0 radical (unpaired) electrons. The lowest BCUT2D eigenvalue weighted by atomic mass is 10.2. The first kappa shape index (κ1) is 18.9. The van der Waals surface area contributed by atoms with E-state index in [4.69, 9.17) is 9.26 Å². The molecular weight excluding hydrogens is 394 g/mol. The summed E-state index contributed by atoms with van der Waals surface area (Å²) in [5, 5.41) is 4.08. The average molecular weight is 413 g/mol. The maximum atomic E-state index is 12.6. The lowest BCUT2D eigenvalue weighted by Crippen LogP contribution is -2.31. The molecule has 1 saturated heterocycles. The van der Waals surface area contributed by atoms with Gasteiger partial charge in [0.1, 0.15) is 17.5 Å². The largest absolute Gasteiger partial charge is 0.488 e. The molecule has 1 atom stereocenters. The van der Waals surface area contributed by atoms with Crippen molar-refractivity contribution in [1.29, 1.82) is 0 Å². The van der Waals surface area contributed by atoms with E-state index < -0.39 is 0 Å². The molecule has 4 heterocycles. The van der Waals surface area contributed by atoms with E-state index in [-0.39, 0.29) is 12.0 Å². The van der Waals surface area contributed by atoms with Gasteiger partial charge in [0.25, 0.3) is 11.8 Å². The third-order valence-electron chi connectivity index (χ3n) is 5.09. The van der Waals surface area contributed by atoms with Crippen LogP contribution in [0.25, 0.3) is 22.8 Å². The van der Waals surface area contributed by atoms with Crippen molar-refractivity contribution < 1.29 is 14.1 Å². The molecule has 0 N–H and O–H groups in total. The molecule has 1 unspecified atom stereocenters. The van der Waals surface area contributed by atoms with Crippen LogP contribution in [0.5, 0.6) is 5.75 Å². The van der Waals surface area contributed by atoms with Gasteiger partial charge in [-0.3, -0.25) is 14.8 Å². The molecule has 31 heavy (non-hydrogen) atoms. The second-order valence-corrected chi connectivity index (χ2v) is 7.15. The van der Waals surface area contributed by atoms with Gasteiger partial charge in [0.15, 0.2) is 0 Å². The SMILES string of the molecule is O=C(c1ccccn1)N1CCC(Oc2ccccc2-c2nc(-c3ccncc3)no2)C1. The summed E-state index contributed by atoms with van der Waals surface area (Å²) in [5.41, 5.74) is 1.98. The molecule has 0 spiro atoms. The molecular formula is C23H19N5O3. The Kier molecular flexibility index (Phi) is 5.10. The van der Waals surface area contributed by atoms with Gasteiger partial charge in [0.05, 0.1) is 12.1 Å². The van der Waals surface area contributed by atoms with Crippen LogP contribution in [0.4, 0.5) is 0 Å². The number of likely N-dealkylation sites (tertiary alicyclic amines) is 1. The second-order valence-electron chi connectivity index (χ2n) is 7.15. The van der Waals surface area contributed by atoms with Gasteiger partial charge < -0.3 is 14.2 Å². The minimum absolute atomic E-state index is 0.0844. The molecule has 3 aromatic heterocycles. The highest BCUT2D eigenvalue weighted by molar-refractivity contribution is 5.92. The molecule has 8 nitrogen and oxygen atoms in total.